The Kier molecular flexibility index (Phi) is 3.21. The van der Waals surface area contributed by atoms with Gasteiger partial charge in [0, 0.05) is 7.05 Å². The molecule has 1 aliphatic heterocycles. The Labute approximate surface area is 98.5 Å². The van der Waals surface area contributed by atoms with Crippen LogP contribution < -0.4 is 10.6 Å². The van der Waals surface area contributed by atoms with E-state index in [0.717, 1.165) is 4.90 Å². The van der Waals surface area contributed by atoms with Crippen molar-refractivity contribution in [3.05, 3.63) is 0 Å². The number of likely N-dealkylation sites (N-methyl/N-ethyl adjacent to an activating group) is 1. The van der Waals surface area contributed by atoms with Gasteiger partial charge in [0.1, 0.15) is 11.5 Å². The van der Waals surface area contributed by atoms with Crippen molar-refractivity contribution in [3.8, 4) is 0 Å². The summed E-state index contributed by atoms with van der Waals surface area (Å²) in [6.07, 6.45) is 0. The first-order valence-electron chi connectivity index (χ1n) is 5.14. The van der Waals surface area contributed by atoms with Gasteiger partial charge in [0.05, 0.1) is 0 Å². The Morgan fingerprint density at radius 2 is 1.88 bits per heavy atom. The van der Waals surface area contributed by atoms with Crippen LogP contribution in [0.5, 0.6) is 0 Å². The van der Waals surface area contributed by atoms with Crippen LogP contribution in [-0.2, 0) is 14.4 Å². The van der Waals surface area contributed by atoms with E-state index >= 15 is 0 Å². The molecule has 2 N–H and O–H groups in total. The van der Waals surface area contributed by atoms with Crippen LogP contribution in [0, 0.1) is 5.41 Å². The fourth-order valence-corrected chi connectivity index (χ4v) is 1.48. The van der Waals surface area contributed by atoms with Gasteiger partial charge in [-0.05, 0) is 20.8 Å². The number of rotatable bonds is 2. The van der Waals surface area contributed by atoms with E-state index in [1.807, 2.05) is 0 Å². The molecule has 0 bridgehead atoms. The van der Waals surface area contributed by atoms with E-state index in [-0.39, 0.29) is 0 Å². The third-order valence-corrected chi connectivity index (χ3v) is 2.77. The number of amides is 5. The van der Waals surface area contributed by atoms with Crippen molar-refractivity contribution >= 4 is 23.8 Å². The molecule has 1 rings (SSSR count). The van der Waals surface area contributed by atoms with Gasteiger partial charge >= 0.3 is 6.03 Å². The molecule has 7 heteroatoms. The van der Waals surface area contributed by atoms with Crippen molar-refractivity contribution in [1.82, 2.24) is 15.5 Å². The summed E-state index contributed by atoms with van der Waals surface area (Å²) < 4.78 is 0. The smallest absolute Gasteiger partial charge is 0.331 e. The first-order valence-corrected chi connectivity index (χ1v) is 5.14. The molecule has 0 radical (unpaired) electrons. The summed E-state index contributed by atoms with van der Waals surface area (Å²) in [6, 6.07) is -1.82. The van der Waals surface area contributed by atoms with Crippen molar-refractivity contribution in [1.29, 1.82) is 0 Å². The molecule has 1 fully saturated rings. The number of imide groups is 2. The van der Waals surface area contributed by atoms with Crippen LogP contribution in [0.1, 0.15) is 20.8 Å². The number of urea groups is 1. The summed E-state index contributed by atoms with van der Waals surface area (Å²) in [5, 5.41) is 4.40. The maximum absolute atomic E-state index is 12.0. The number of nitrogens with zero attached hydrogens (tertiary/aromatic N) is 1. The molecule has 1 saturated heterocycles. The zero-order chi connectivity index (χ0) is 13.4. The lowest BCUT2D eigenvalue weighted by atomic mass is 9.88. The highest BCUT2D eigenvalue weighted by Gasteiger charge is 2.49. The van der Waals surface area contributed by atoms with Crippen LogP contribution in [0.15, 0.2) is 0 Å². The number of hydrogen-bond donors (Lipinski definition) is 2. The van der Waals surface area contributed by atoms with Gasteiger partial charge in [0.25, 0.3) is 0 Å². The molecule has 0 aromatic carbocycles. The van der Waals surface area contributed by atoms with Gasteiger partial charge in [0.15, 0.2) is 0 Å². The Hall–Kier alpha value is -1.92. The van der Waals surface area contributed by atoms with E-state index in [0.29, 0.717) is 0 Å². The molecule has 0 spiro atoms. The SMILES string of the molecule is CNC(=O)C(C)N1C(=O)NC(=O)C(C)(C)C1=O. The Balaban J connectivity index is 3.08. The minimum Gasteiger partial charge on any atom is -0.357 e. The van der Waals surface area contributed by atoms with Gasteiger partial charge in [-0.25, -0.2) is 4.79 Å². The van der Waals surface area contributed by atoms with Gasteiger partial charge in [-0.15, -0.1) is 0 Å². The third-order valence-electron chi connectivity index (χ3n) is 2.77. The summed E-state index contributed by atoms with van der Waals surface area (Å²) in [7, 11) is 1.40. The highest BCUT2D eigenvalue weighted by atomic mass is 16.2. The number of barbiturate groups is 1. The molecular formula is C10H15N3O4. The van der Waals surface area contributed by atoms with Gasteiger partial charge in [0.2, 0.25) is 17.7 Å². The van der Waals surface area contributed by atoms with Gasteiger partial charge in [-0.3, -0.25) is 24.6 Å². The summed E-state index contributed by atoms with van der Waals surface area (Å²) in [5.74, 6) is -1.81. The molecule has 94 valence electrons. The lowest BCUT2D eigenvalue weighted by Crippen LogP contribution is -2.65. The van der Waals surface area contributed by atoms with Crippen LogP contribution in [0.4, 0.5) is 4.79 Å². The predicted molar refractivity (Wildman–Crippen MR) is 57.7 cm³/mol. The van der Waals surface area contributed by atoms with Gasteiger partial charge < -0.3 is 5.32 Å². The highest BCUT2D eigenvalue weighted by molar-refractivity contribution is 6.19. The summed E-state index contributed by atoms with van der Waals surface area (Å²) in [4.78, 5) is 47.2. The third kappa shape index (κ3) is 2.00. The molecule has 1 atom stereocenters. The molecule has 1 aliphatic rings. The van der Waals surface area contributed by atoms with Crippen molar-refractivity contribution in [2.45, 2.75) is 26.8 Å². The van der Waals surface area contributed by atoms with Crippen LogP contribution in [0.25, 0.3) is 0 Å². The molecule has 17 heavy (non-hydrogen) atoms. The second-order valence-corrected chi connectivity index (χ2v) is 4.35. The lowest BCUT2D eigenvalue weighted by Gasteiger charge is -2.36. The Morgan fingerprint density at radius 3 is 2.35 bits per heavy atom. The van der Waals surface area contributed by atoms with E-state index in [1.165, 1.54) is 27.8 Å². The zero-order valence-corrected chi connectivity index (χ0v) is 10.2. The zero-order valence-electron chi connectivity index (χ0n) is 10.2. The second-order valence-electron chi connectivity index (χ2n) is 4.35. The van der Waals surface area contributed by atoms with Crippen molar-refractivity contribution < 1.29 is 19.2 Å². The average molecular weight is 241 g/mol. The first kappa shape index (κ1) is 13.1. The quantitative estimate of drug-likeness (QED) is 0.620. The molecule has 5 amide bonds. The Morgan fingerprint density at radius 1 is 1.35 bits per heavy atom. The number of hydrogen-bond acceptors (Lipinski definition) is 4. The van der Waals surface area contributed by atoms with Gasteiger partial charge in [-0.2, -0.15) is 0 Å². The predicted octanol–water partition coefficient (Wildman–Crippen LogP) is -0.774. The summed E-state index contributed by atoms with van der Waals surface area (Å²) in [6.45, 7) is 4.23. The minimum absolute atomic E-state index is 0.473. The molecule has 7 nitrogen and oxygen atoms in total. The number of carbonyl (C=O) groups is 4. The summed E-state index contributed by atoms with van der Waals surface area (Å²) >= 11 is 0. The topological polar surface area (TPSA) is 95.6 Å². The van der Waals surface area contributed by atoms with E-state index in [9.17, 15) is 19.2 Å². The molecule has 1 unspecified atom stereocenters. The maximum atomic E-state index is 12.0. The van der Waals surface area contributed by atoms with Crippen molar-refractivity contribution in [2.75, 3.05) is 7.05 Å². The van der Waals surface area contributed by atoms with Crippen molar-refractivity contribution in [3.63, 3.8) is 0 Å². The summed E-state index contributed by atoms with van der Waals surface area (Å²) in [5.41, 5.74) is -1.35. The van der Waals surface area contributed by atoms with E-state index < -0.39 is 35.2 Å². The maximum Gasteiger partial charge on any atom is 0.331 e. The van der Waals surface area contributed by atoms with E-state index in [1.54, 1.807) is 0 Å². The molecule has 1 heterocycles. The average Bonchev–Trinajstić information content (AvgIpc) is 2.25. The first-order chi connectivity index (χ1) is 7.73. The van der Waals surface area contributed by atoms with E-state index in [4.69, 9.17) is 0 Å². The minimum atomic E-state index is -1.35. The molecule has 0 aliphatic carbocycles. The van der Waals surface area contributed by atoms with E-state index in [2.05, 4.69) is 10.6 Å². The largest absolute Gasteiger partial charge is 0.357 e. The van der Waals surface area contributed by atoms with Crippen LogP contribution in [0.2, 0.25) is 0 Å². The van der Waals surface area contributed by atoms with Crippen LogP contribution in [-0.4, -0.2) is 41.7 Å². The standard InChI is InChI=1S/C10H15N3O4/c1-5(6(14)11-4)13-8(16)10(2,3)7(15)12-9(13)17/h5H,1-4H3,(H,11,14)(H,12,15,17). The fraction of sp³-hybridized carbons (Fsp3) is 0.600. The number of carbonyl (C=O) groups excluding carboxylic acids is 4. The molecule has 0 saturated carbocycles. The van der Waals surface area contributed by atoms with Crippen LogP contribution in [0.3, 0.4) is 0 Å². The molecular weight excluding hydrogens is 226 g/mol. The fourth-order valence-electron chi connectivity index (χ4n) is 1.48. The van der Waals surface area contributed by atoms with Gasteiger partial charge in [-0.1, -0.05) is 0 Å². The lowest BCUT2D eigenvalue weighted by molar-refractivity contribution is -0.152. The van der Waals surface area contributed by atoms with Crippen molar-refractivity contribution in [2.24, 2.45) is 5.41 Å². The second kappa shape index (κ2) is 4.15. The molecule has 0 aromatic rings. The molecule has 0 aromatic heterocycles. The Bertz CT molecular complexity index is 402. The normalized spacial score (nSPS) is 20.9. The highest BCUT2D eigenvalue weighted by Crippen LogP contribution is 2.24. The number of nitrogens with one attached hydrogen (secondary N) is 2. The monoisotopic (exact) mass is 241 g/mol. The van der Waals surface area contributed by atoms with Crippen LogP contribution >= 0.6 is 0 Å².